The number of carbonyl (C=O) groups is 3. The molecule has 3 aliphatic rings. The van der Waals surface area contributed by atoms with E-state index in [0.29, 0.717) is 65.8 Å². The summed E-state index contributed by atoms with van der Waals surface area (Å²) < 4.78 is 22.8. The molecule has 5 heterocycles. The van der Waals surface area contributed by atoms with Crippen LogP contribution in [0.2, 0.25) is 0 Å². The Hall–Kier alpha value is -4.56. The first kappa shape index (κ1) is 63.0. The van der Waals surface area contributed by atoms with Gasteiger partial charge in [-0.25, -0.2) is 9.97 Å². The second-order valence-electron chi connectivity index (χ2n) is 21.4. The minimum atomic E-state index is -0.489. The first-order valence-electron chi connectivity index (χ1n) is 27.9. The fraction of sp³-hybridized carbons (Fsp3) is 0.597. The maximum absolute atomic E-state index is 14.7. The maximum atomic E-state index is 14.7. The van der Waals surface area contributed by atoms with E-state index >= 15 is 0 Å². The van der Waals surface area contributed by atoms with Gasteiger partial charge < -0.3 is 34.2 Å². The molecule has 406 valence electrons. The number of fused-ring (bicyclic) bond motifs is 8. The fourth-order valence-electron chi connectivity index (χ4n) is 10.7. The molecular formula is C62H91MgN5O7+2. The summed E-state index contributed by atoms with van der Waals surface area (Å²) in [5.74, 6) is 0.674. The van der Waals surface area contributed by atoms with Crippen LogP contribution in [-0.2, 0) is 46.2 Å². The average molecular weight is 1040 g/mol. The second kappa shape index (κ2) is 31.0. The van der Waals surface area contributed by atoms with Crippen LogP contribution in [-0.4, -0.2) is 80.7 Å². The summed E-state index contributed by atoms with van der Waals surface area (Å²) in [5.41, 5.74) is 12.9. The van der Waals surface area contributed by atoms with Crippen LogP contribution >= 0.6 is 0 Å². The Labute approximate surface area is 466 Å². The zero-order valence-corrected chi connectivity index (χ0v) is 49.7. The zero-order valence-electron chi connectivity index (χ0n) is 48.2. The van der Waals surface area contributed by atoms with Gasteiger partial charge in [0.2, 0.25) is 22.8 Å². The van der Waals surface area contributed by atoms with Gasteiger partial charge in [0.1, 0.15) is 12.2 Å². The molecular weight excluding hydrogens is 951 g/mol. The Morgan fingerprint density at radius 1 is 0.787 bits per heavy atom. The molecule has 2 aromatic heterocycles. The van der Waals surface area contributed by atoms with E-state index in [0.717, 1.165) is 81.5 Å². The van der Waals surface area contributed by atoms with E-state index in [9.17, 15) is 14.4 Å². The molecule has 0 spiro atoms. The number of nitrogens with zero attached hydrogens (tertiary/aromatic N) is 2. The number of aromatic amines is 2. The predicted molar refractivity (Wildman–Crippen MR) is 303 cm³/mol. The molecule has 0 radical (unpaired) electrons. The molecule has 3 aliphatic heterocycles. The summed E-state index contributed by atoms with van der Waals surface area (Å²) >= 11 is 0. The monoisotopic (exact) mass is 1040 g/mol. The van der Waals surface area contributed by atoms with Gasteiger partial charge in [0, 0.05) is 49.3 Å². The maximum Gasteiger partial charge on any atom is 2.00 e. The van der Waals surface area contributed by atoms with Crippen molar-refractivity contribution < 1.29 is 43.3 Å². The summed E-state index contributed by atoms with van der Waals surface area (Å²) in [7, 11) is 1.36. The summed E-state index contributed by atoms with van der Waals surface area (Å²) in [4.78, 5) is 59.8. The van der Waals surface area contributed by atoms with Crippen molar-refractivity contribution in [2.75, 3.05) is 33.5 Å². The number of amides is 1. The molecule has 0 aromatic carbocycles. The smallest absolute Gasteiger partial charge is 0.664 e. The molecule has 2 aromatic rings. The van der Waals surface area contributed by atoms with E-state index in [1.165, 1.54) is 57.6 Å². The quantitative estimate of drug-likeness (QED) is 0.0362. The number of hydrogen-bond acceptors (Lipinski definition) is 7. The summed E-state index contributed by atoms with van der Waals surface area (Å²) in [5, 5.41) is 3.13. The summed E-state index contributed by atoms with van der Waals surface area (Å²) in [6.07, 6.45) is 16.2. The number of aryl methyl sites for hydroxylation is 2. The number of esters is 2. The van der Waals surface area contributed by atoms with Crippen molar-refractivity contribution in [1.82, 2.24) is 15.3 Å². The number of allylic oxidation sites excluding steroid dienone is 5. The number of hydrogen-bond donors (Lipinski definition) is 1. The van der Waals surface area contributed by atoms with Crippen LogP contribution in [0, 0.1) is 24.7 Å². The van der Waals surface area contributed by atoms with Crippen molar-refractivity contribution in [3.63, 3.8) is 0 Å². The minimum absolute atomic E-state index is 0. The topological polar surface area (TPSA) is 157 Å². The number of methoxy groups -OCH3 is 1. The normalized spacial score (nSPS) is 16.0. The minimum Gasteiger partial charge on any atom is -0.664 e. The third-order valence-corrected chi connectivity index (χ3v) is 15.4. The Morgan fingerprint density at radius 2 is 1.43 bits per heavy atom. The van der Waals surface area contributed by atoms with Crippen LogP contribution in [0.5, 0.6) is 0 Å². The van der Waals surface area contributed by atoms with E-state index in [-0.39, 0.29) is 72.8 Å². The van der Waals surface area contributed by atoms with Crippen molar-refractivity contribution in [3.05, 3.63) is 93.4 Å². The number of carbonyl (C=O) groups excluding carboxylic acids is 3. The molecule has 0 saturated carbocycles. The van der Waals surface area contributed by atoms with E-state index in [1.54, 1.807) is 0 Å². The van der Waals surface area contributed by atoms with Crippen molar-refractivity contribution in [2.45, 2.75) is 191 Å². The van der Waals surface area contributed by atoms with E-state index in [1.807, 2.05) is 39.0 Å². The van der Waals surface area contributed by atoms with Crippen molar-refractivity contribution in [3.8, 4) is 0 Å². The van der Waals surface area contributed by atoms with Gasteiger partial charge in [0.05, 0.1) is 19.1 Å². The van der Waals surface area contributed by atoms with Gasteiger partial charge in [0.15, 0.2) is 6.29 Å². The molecule has 75 heavy (non-hydrogen) atoms. The van der Waals surface area contributed by atoms with Crippen LogP contribution < -0.4 is 25.3 Å². The van der Waals surface area contributed by atoms with Crippen LogP contribution in [0.3, 0.4) is 0 Å². The van der Waals surface area contributed by atoms with Gasteiger partial charge in [-0.3, -0.25) is 14.4 Å². The van der Waals surface area contributed by atoms with Gasteiger partial charge in [-0.15, -0.1) is 22.4 Å². The van der Waals surface area contributed by atoms with Crippen molar-refractivity contribution in [2.24, 2.45) is 17.8 Å². The number of nitrogens with one attached hydrogen (secondary N) is 3. The average Bonchev–Trinajstić information content (AvgIpc) is 4.04. The van der Waals surface area contributed by atoms with Crippen LogP contribution in [0.1, 0.15) is 216 Å². The Morgan fingerprint density at radius 3 is 2.05 bits per heavy atom. The number of rotatable bonds is 29. The van der Waals surface area contributed by atoms with Gasteiger partial charge in [-0.05, 0) is 121 Å². The van der Waals surface area contributed by atoms with E-state index in [2.05, 4.69) is 96.3 Å². The molecule has 4 unspecified atom stereocenters. The number of aromatic nitrogens is 4. The van der Waals surface area contributed by atoms with Crippen molar-refractivity contribution >= 4 is 74.2 Å². The molecule has 4 atom stereocenters. The molecule has 0 fully saturated rings. The zero-order chi connectivity index (χ0) is 54.1. The summed E-state index contributed by atoms with van der Waals surface area (Å²) in [6.45, 7) is 31.3. The Bertz CT molecular complexity index is 2580. The molecule has 3 N–H and O–H groups in total. The molecule has 12 nitrogen and oxygen atoms in total. The van der Waals surface area contributed by atoms with Crippen LogP contribution in [0.15, 0.2) is 42.5 Å². The number of ether oxygens (including phenoxy) is 4. The van der Waals surface area contributed by atoms with Crippen molar-refractivity contribution in [1.29, 1.82) is 0 Å². The molecule has 1 amide bonds. The van der Waals surface area contributed by atoms with E-state index < -0.39 is 12.3 Å². The molecule has 0 saturated heterocycles. The van der Waals surface area contributed by atoms with Gasteiger partial charge in [-0.1, -0.05) is 116 Å². The Balaban J connectivity index is 0.0000122. The SMILES string of the molecule is C=CC1=C(C)c2cc3[n-]c(c(CC(=O)OC)c4[nH+]c(cc5[n-]c(cc1[nH+]2)c(C)c5CC)C(C)=C4C(=O)NCCC(OCC)OCC)C(CCC(=O)OCC=C(C)CCCC(C)CCCC(C)CCCC(C)C)C3C.[Mg+2]. The van der Waals surface area contributed by atoms with Crippen LogP contribution in [0.4, 0.5) is 0 Å². The Kier molecular flexibility index (Phi) is 26.0. The van der Waals surface area contributed by atoms with Gasteiger partial charge in [0.25, 0.3) is 5.91 Å². The molecule has 0 aliphatic carbocycles. The largest absolute Gasteiger partial charge is 2.00 e. The van der Waals surface area contributed by atoms with Gasteiger partial charge >= 0.3 is 35.0 Å². The molecule has 5 rings (SSSR count). The third-order valence-electron chi connectivity index (χ3n) is 15.4. The second-order valence-corrected chi connectivity index (χ2v) is 21.4. The first-order valence-corrected chi connectivity index (χ1v) is 27.9. The first-order chi connectivity index (χ1) is 35.4. The molecule has 8 bridgehead atoms. The van der Waals surface area contributed by atoms with Gasteiger partial charge in [-0.2, -0.15) is 0 Å². The number of H-pyrrole nitrogens is 2. The molecule has 13 heteroatoms. The van der Waals surface area contributed by atoms with E-state index in [4.69, 9.17) is 28.9 Å². The predicted octanol–water partition coefficient (Wildman–Crippen LogP) is 11.9. The standard InChI is InChI=1S/C62H90N5O7.Mg/c1-15-46-42(10)50-35-52-44(12)48(28-29-56(68)74-33-31-41(9)27-21-26-40(8)25-20-24-39(7)23-19-22-38(5)6)60(66-52)49(34-57(69)71-14)61-59(62(70)63-32-30-58(72-17-3)73-18-4)45(13)53(67-61)37-55-47(16-2)43(11)51(65-55)36-54(46)64-50;/h15,31,35-40,44,48,58H,1,16-30,32-34H2,2-14H3,(H2-,63,64,65,66,67,70);/q-1;+2/p+1. The van der Waals surface area contributed by atoms with Crippen LogP contribution in [0.25, 0.3) is 33.3 Å². The third kappa shape index (κ3) is 17.5. The fourth-order valence-corrected chi connectivity index (χ4v) is 10.7. The summed E-state index contributed by atoms with van der Waals surface area (Å²) in [6, 6.07) is 6.13.